The molecule has 1 amide bonds. The second kappa shape index (κ2) is 6.14. The van der Waals surface area contributed by atoms with Crippen molar-refractivity contribution in [1.82, 2.24) is 10.3 Å². The van der Waals surface area contributed by atoms with E-state index in [0.717, 1.165) is 6.26 Å². The number of ether oxygens (including phenoxy) is 1. The monoisotopic (exact) mass is 346 g/mol. The van der Waals surface area contributed by atoms with Crippen LogP contribution >= 0.6 is 11.6 Å². The van der Waals surface area contributed by atoms with Crippen LogP contribution in [0.5, 0.6) is 0 Å². The van der Waals surface area contributed by atoms with E-state index >= 15 is 0 Å². The van der Waals surface area contributed by atoms with E-state index in [2.05, 4.69) is 10.3 Å². The summed E-state index contributed by atoms with van der Waals surface area (Å²) in [7, 11) is -3.50. The molecule has 0 unspecified atom stereocenters. The zero-order valence-corrected chi connectivity index (χ0v) is 14.3. The van der Waals surface area contributed by atoms with Crippen molar-refractivity contribution in [2.75, 3.05) is 12.9 Å². The van der Waals surface area contributed by atoms with E-state index in [1.54, 1.807) is 0 Å². The lowest BCUT2D eigenvalue weighted by Crippen LogP contribution is -2.45. The summed E-state index contributed by atoms with van der Waals surface area (Å²) in [5, 5.41) is 2.83. The van der Waals surface area contributed by atoms with Gasteiger partial charge in [0.15, 0.2) is 14.9 Å². The molecule has 122 valence electrons. The van der Waals surface area contributed by atoms with Gasteiger partial charge in [0.1, 0.15) is 0 Å². The lowest BCUT2D eigenvalue weighted by atomic mass is 9.94. The summed E-state index contributed by atoms with van der Waals surface area (Å²) in [6.45, 7) is 4.50. The largest absolute Gasteiger partial charge is 0.375 e. The van der Waals surface area contributed by atoms with Gasteiger partial charge in [0.2, 0.25) is 0 Å². The quantitative estimate of drug-likeness (QED) is 0.902. The van der Waals surface area contributed by atoms with Gasteiger partial charge in [0.05, 0.1) is 16.2 Å². The fraction of sp³-hybridized carbons (Fsp3) is 0.571. The lowest BCUT2D eigenvalue weighted by molar-refractivity contribution is -0.0615. The zero-order chi connectivity index (χ0) is 16.5. The lowest BCUT2D eigenvalue weighted by Gasteiger charge is -2.35. The molecule has 6 nitrogen and oxygen atoms in total. The third kappa shape index (κ3) is 4.18. The Morgan fingerprint density at radius 3 is 2.77 bits per heavy atom. The molecule has 2 heterocycles. The maximum absolute atomic E-state index is 12.4. The predicted molar refractivity (Wildman–Crippen MR) is 82.9 cm³/mol. The molecule has 8 heteroatoms. The number of hydrogen-bond donors (Lipinski definition) is 1. The smallest absolute Gasteiger partial charge is 0.253 e. The van der Waals surface area contributed by atoms with Crippen LogP contribution in [0.2, 0.25) is 5.02 Å². The molecule has 0 spiro atoms. The van der Waals surface area contributed by atoms with Crippen molar-refractivity contribution in [1.29, 1.82) is 0 Å². The molecular weight excluding hydrogens is 328 g/mol. The first kappa shape index (κ1) is 17.2. The fourth-order valence-electron chi connectivity index (χ4n) is 2.41. The molecule has 1 atom stereocenters. The maximum atomic E-state index is 12.4. The van der Waals surface area contributed by atoms with E-state index in [1.165, 1.54) is 12.3 Å². The zero-order valence-electron chi connectivity index (χ0n) is 12.7. The number of aromatic nitrogens is 1. The molecule has 1 fully saturated rings. The van der Waals surface area contributed by atoms with Crippen molar-refractivity contribution in [3.8, 4) is 0 Å². The van der Waals surface area contributed by atoms with Crippen LogP contribution in [0.15, 0.2) is 17.3 Å². The standard InChI is InChI=1S/C14H19ClN2O4S/c1-14(2)7-9(4-5-21-14)17-13(18)10-6-12(22(3,19)20)16-8-11(10)15/h6,8-9H,4-5,7H2,1-3H3,(H,17,18)/t9-/m0/s1. The van der Waals surface area contributed by atoms with Crippen LogP contribution in [-0.4, -0.2) is 43.8 Å². The highest BCUT2D eigenvalue weighted by molar-refractivity contribution is 7.90. The average molecular weight is 347 g/mol. The molecule has 1 aromatic rings. The molecule has 1 aliphatic heterocycles. The summed E-state index contributed by atoms with van der Waals surface area (Å²) in [4.78, 5) is 16.1. The van der Waals surface area contributed by atoms with Gasteiger partial charge in [-0.25, -0.2) is 13.4 Å². The van der Waals surface area contributed by atoms with Gasteiger partial charge >= 0.3 is 0 Å². The van der Waals surface area contributed by atoms with Crippen LogP contribution < -0.4 is 5.32 Å². The molecule has 0 aliphatic carbocycles. The van der Waals surface area contributed by atoms with Crippen molar-refractivity contribution in [3.05, 3.63) is 22.8 Å². The van der Waals surface area contributed by atoms with Gasteiger partial charge in [-0.05, 0) is 32.8 Å². The second-order valence-corrected chi connectivity index (χ2v) is 8.42. The van der Waals surface area contributed by atoms with Crippen LogP contribution in [0.1, 0.15) is 37.0 Å². The summed E-state index contributed by atoms with van der Waals surface area (Å²) in [6.07, 6.45) is 3.60. The molecule has 1 aliphatic rings. The number of carbonyl (C=O) groups excluding carboxylic acids is 1. The Kier molecular flexibility index (Phi) is 4.79. The van der Waals surface area contributed by atoms with Gasteiger partial charge in [-0.15, -0.1) is 0 Å². The number of carbonyl (C=O) groups is 1. The van der Waals surface area contributed by atoms with E-state index in [-0.39, 0.29) is 27.3 Å². The molecule has 1 aromatic heterocycles. The average Bonchev–Trinajstić information content (AvgIpc) is 2.36. The number of halogens is 1. The van der Waals surface area contributed by atoms with E-state index < -0.39 is 15.7 Å². The van der Waals surface area contributed by atoms with Crippen LogP contribution in [0, 0.1) is 0 Å². The molecule has 2 rings (SSSR count). The first-order chi connectivity index (χ1) is 10.1. The fourth-order valence-corrected chi connectivity index (χ4v) is 3.18. The predicted octanol–water partition coefficient (Wildman–Crippen LogP) is 1.83. The Morgan fingerprint density at radius 2 is 2.18 bits per heavy atom. The summed E-state index contributed by atoms with van der Waals surface area (Å²) in [5.41, 5.74) is -0.183. The van der Waals surface area contributed by atoms with Crippen molar-refractivity contribution < 1.29 is 17.9 Å². The number of amides is 1. The van der Waals surface area contributed by atoms with E-state index in [4.69, 9.17) is 16.3 Å². The van der Waals surface area contributed by atoms with Gasteiger partial charge in [-0.2, -0.15) is 0 Å². The highest BCUT2D eigenvalue weighted by Gasteiger charge is 2.30. The Bertz CT molecular complexity index is 688. The SMILES string of the molecule is CC1(C)C[C@@H](NC(=O)c2cc(S(C)(=O)=O)ncc2Cl)CCO1. The first-order valence-corrected chi connectivity index (χ1v) is 9.16. The Labute approximate surface area is 135 Å². The topological polar surface area (TPSA) is 85.4 Å². The molecule has 0 bridgehead atoms. The summed E-state index contributed by atoms with van der Waals surface area (Å²) in [6, 6.07) is 1.17. The third-order valence-electron chi connectivity index (χ3n) is 3.49. The number of pyridine rings is 1. The minimum absolute atomic E-state index is 0.0397. The van der Waals surface area contributed by atoms with Crippen LogP contribution in [-0.2, 0) is 14.6 Å². The maximum Gasteiger partial charge on any atom is 0.253 e. The summed E-state index contributed by atoms with van der Waals surface area (Å²) >= 11 is 5.97. The van der Waals surface area contributed by atoms with Crippen LogP contribution in [0.3, 0.4) is 0 Å². The molecule has 22 heavy (non-hydrogen) atoms. The van der Waals surface area contributed by atoms with Crippen LogP contribution in [0.4, 0.5) is 0 Å². The van der Waals surface area contributed by atoms with Crippen molar-refractivity contribution in [2.45, 2.75) is 43.4 Å². The van der Waals surface area contributed by atoms with Crippen molar-refractivity contribution in [3.63, 3.8) is 0 Å². The van der Waals surface area contributed by atoms with Gasteiger partial charge in [-0.3, -0.25) is 4.79 Å². The van der Waals surface area contributed by atoms with Gasteiger partial charge in [0.25, 0.3) is 5.91 Å². The van der Waals surface area contributed by atoms with Crippen molar-refractivity contribution >= 4 is 27.3 Å². The minimum Gasteiger partial charge on any atom is -0.375 e. The van der Waals surface area contributed by atoms with Crippen LogP contribution in [0.25, 0.3) is 0 Å². The third-order valence-corrected chi connectivity index (χ3v) is 4.77. The Balaban J connectivity index is 2.19. The number of nitrogens with one attached hydrogen (secondary N) is 1. The highest BCUT2D eigenvalue weighted by atomic mass is 35.5. The molecule has 1 saturated heterocycles. The number of rotatable bonds is 3. The molecule has 0 aromatic carbocycles. The minimum atomic E-state index is -3.50. The highest BCUT2D eigenvalue weighted by Crippen LogP contribution is 2.25. The Morgan fingerprint density at radius 1 is 1.50 bits per heavy atom. The normalized spacial score (nSPS) is 21.4. The van der Waals surface area contributed by atoms with Gasteiger partial charge in [0, 0.05) is 25.1 Å². The number of sulfone groups is 1. The van der Waals surface area contributed by atoms with E-state index in [9.17, 15) is 13.2 Å². The molecule has 0 radical (unpaired) electrons. The second-order valence-electron chi connectivity index (χ2n) is 6.05. The summed E-state index contributed by atoms with van der Waals surface area (Å²) in [5.74, 6) is -0.403. The molecule has 0 saturated carbocycles. The molecule has 1 N–H and O–H groups in total. The number of hydrogen-bond acceptors (Lipinski definition) is 5. The summed E-state index contributed by atoms with van der Waals surface area (Å²) < 4.78 is 28.7. The van der Waals surface area contributed by atoms with Crippen molar-refractivity contribution in [2.24, 2.45) is 0 Å². The van der Waals surface area contributed by atoms with Gasteiger partial charge in [-0.1, -0.05) is 11.6 Å². The Hall–Kier alpha value is -1.18. The van der Waals surface area contributed by atoms with E-state index in [1.807, 2.05) is 13.8 Å². The number of nitrogens with zero attached hydrogens (tertiary/aromatic N) is 1. The van der Waals surface area contributed by atoms with E-state index in [0.29, 0.717) is 19.4 Å². The first-order valence-electron chi connectivity index (χ1n) is 6.89. The van der Waals surface area contributed by atoms with Gasteiger partial charge < -0.3 is 10.1 Å². The molecular formula is C14H19ClN2O4S.